The lowest BCUT2D eigenvalue weighted by Crippen LogP contribution is -2.59. The van der Waals surface area contributed by atoms with Crippen molar-refractivity contribution in [2.75, 3.05) is 6.54 Å². The number of allylic oxidation sites excluding steroid dienone is 1. The van der Waals surface area contributed by atoms with Crippen LogP contribution in [0, 0.1) is 23.2 Å². The van der Waals surface area contributed by atoms with Gasteiger partial charge in [0.25, 0.3) is 5.91 Å². The number of carbonyl (C=O) groups excluding carboxylic acids is 3. The third-order valence-electron chi connectivity index (χ3n) is 6.13. The van der Waals surface area contributed by atoms with E-state index >= 15 is 0 Å². The number of nitrogens with zero attached hydrogens (tertiary/aromatic N) is 3. The zero-order valence-electron chi connectivity index (χ0n) is 17.4. The fourth-order valence-electron chi connectivity index (χ4n) is 4.59. The van der Waals surface area contributed by atoms with Gasteiger partial charge >= 0.3 is 6.09 Å². The van der Waals surface area contributed by atoms with Crippen molar-refractivity contribution < 1.29 is 19.1 Å². The molecule has 2 N–H and O–H groups in total. The molecule has 0 spiro atoms. The van der Waals surface area contributed by atoms with E-state index in [0.717, 1.165) is 32.1 Å². The highest BCUT2D eigenvalue weighted by Gasteiger charge is 2.65. The molecule has 3 aliphatic rings. The highest BCUT2D eigenvalue weighted by Crippen LogP contribution is 2.52. The summed E-state index contributed by atoms with van der Waals surface area (Å²) >= 11 is 0. The highest BCUT2D eigenvalue weighted by molar-refractivity contribution is 5.96. The molecule has 158 valence electrons. The average Bonchev–Trinajstić information content (AvgIpc) is 3.06. The molecular formula is C21H30N4O4. The van der Waals surface area contributed by atoms with E-state index in [2.05, 4.69) is 6.58 Å². The maximum atomic E-state index is 13.2. The molecule has 3 amide bonds. The monoisotopic (exact) mass is 402 g/mol. The second-order valence-corrected chi connectivity index (χ2v) is 9.41. The summed E-state index contributed by atoms with van der Waals surface area (Å²) in [6.45, 7) is 9.04. The first kappa shape index (κ1) is 21.2. The first-order valence-corrected chi connectivity index (χ1v) is 10.2. The Hall–Kier alpha value is -2.56. The summed E-state index contributed by atoms with van der Waals surface area (Å²) in [6.07, 6.45) is 4.28. The second kappa shape index (κ2) is 7.36. The number of likely N-dealkylation sites (tertiary alicyclic amines) is 1. The number of fused-ring (bicyclic) bond motifs is 1. The van der Waals surface area contributed by atoms with Gasteiger partial charge in [-0.1, -0.05) is 19.4 Å². The minimum atomic E-state index is -1.64. The van der Waals surface area contributed by atoms with E-state index < -0.39 is 29.0 Å². The van der Waals surface area contributed by atoms with Crippen molar-refractivity contribution in [1.29, 1.82) is 5.26 Å². The van der Waals surface area contributed by atoms with Crippen LogP contribution in [0.15, 0.2) is 12.3 Å². The minimum absolute atomic E-state index is 0.110. The SMILES string of the molecule is C=C(C1CCCC1)N(CC(=O)N1[C@H]2C[C@H]2C[C@]1(C#N)C(N)=O)C(=O)OC(C)(C)C. The zero-order chi connectivity index (χ0) is 21.6. The van der Waals surface area contributed by atoms with Gasteiger partial charge in [-0.25, -0.2) is 4.79 Å². The van der Waals surface area contributed by atoms with E-state index in [-0.39, 0.29) is 30.8 Å². The Balaban J connectivity index is 1.84. The Morgan fingerprint density at radius 2 is 1.93 bits per heavy atom. The molecule has 0 aromatic rings. The molecule has 3 fully saturated rings. The van der Waals surface area contributed by atoms with Gasteiger partial charge < -0.3 is 15.4 Å². The van der Waals surface area contributed by atoms with E-state index in [1.165, 1.54) is 9.80 Å². The Morgan fingerprint density at radius 3 is 2.45 bits per heavy atom. The van der Waals surface area contributed by atoms with Crippen molar-refractivity contribution in [2.45, 2.75) is 76.5 Å². The van der Waals surface area contributed by atoms with Crippen LogP contribution in [0.2, 0.25) is 0 Å². The predicted octanol–water partition coefficient (Wildman–Crippen LogP) is 2.30. The maximum absolute atomic E-state index is 13.2. The lowest BCUT2D eigenvalue weighted by atomic mass is 9.94. The Kier molecular flexibility index (Phi) is 5.37. The average molecular weight is 402 g/mol. The smallest absolute Gasteiger partial charge is 0.415 e. The van der Waals surface area contributed by atoms with Gasteiger partial charge in [0.15, 0.2) is 0 Å². The van der Waals surface area contributed by atoms with Crippen LogP contribution >= 0.6 is 0 Å². The van der Waals surface area contributed by atoms with Crippen LogP contribution in [0.1, 0.15) is 59.3 Å². The van der Waals surface area contributed by atoms with Gasteiger partial charge in [-0.05, 0) is 58.3 Å². The lowest BCUT2D eigenvalue weighted by molar-refractivity contribution is -0.142. The number of nitriles is 1. The standard InChI is InChI=1S/C21H30N4O4/c1-13(14-7-5-6-8-14)24(19(28)29-20(2,3)4)11-17(26)25-16-9-15(16)10-21(25,12-22)18(23)27/h14-16H,1,5-11H2,2-4H3,(H2,23,27)/t15-,16-,21-/m0/s1. The molecule has 0 aromatic carbocycles. The van der Waals surface area contributed by atoms with E-state index in [0.29, 0.717) is 5.70 Å². The van der Waals surface area contributed by atoms with Crippen LogP contribution in [-0.2, 0) is 14.3 Å². The van der Waals surface area contributed by atoms with E-state index in [1.54, 1.807) is 20.8 Å². The molecule has 3 atom stereocenters. The molecule has 1 saturated heterocycles. The van der Waals surface area contributed by atoms with Crippen LogP contribution in [0.4, 0.5) is 4.79 Å². The Morgan fingerprint density at radius 1 is 1.31 bits per heavy atom. The molecule has 0 aromatic heterocycles. The molecule has 1 aliphatic heterocycles. The topological polar surface area (TPSA) is 117 Å². The van der Waals surface area contributed by atoms with Gasteiger partial charge in [0, 0.05) is 11.7 Å². The highest BCUT2D eigenvalue weighted by atomic mass is 16.6. The fraction of sp³-hybridized carbons (Fsp3) is 0.714. The second-order valence-electron chi connectivity index (χ2n) is 9.41. The molecule has 8 nitrogen and oxygen atoms in total. The lowest BCUT2D eigenvalue weighted by Gasteiger charge is -2.35. The number of amides is 3. The Bertz CT molecular complexity index is 775. The van der Waals surface area contributed by atoms with Crippen molar-refractivity contribution in [1.82, 2.24) is 9.80 Å². The fourth-order valence-corrected chi connectivity index (χ4v) is 4.59. The summed E-state index contributed by atoms with van der Waals surface area (Å²) in [5.41, 5.74) is 3.69. The Labute approximate surface area is 171 Å². The van der Waals surface area contributed by atoms with Gasteiger partial charge in [0.1, 0.15) is 18.2 Å². The number of primary amides is 1. The molecule has 0 bridgehead atoms. The molecule has 2 aliphatic carbocycles. The van der Waals surface area contributed by atoms with Crippen LogP contribution in [0.5, 0.6) is 0 Å². The number of ether oxygens (including phenoxy) is 1. The molecular weight excluding hydrogens is 372 g/mol. The summed E-state index contributed by atoms with van der Waals surface area (Å²) in [4.78, 5) is 40.8. The molecule has 0 unspecified atom stereocenters. The quantitative estimate of drug-likeness (QED) is 0.757. The molecule has 1 heterocycles. The van der Waals surface area contributed by atoms with Crippen molar-refractivity contribution in [3.05, 3.63) is 12.3 Å². The summed E-state index contributed by atoms with van der Waals surface area (Å²) in [7, 11) is 0. The predicted molar refractivity (Wildman–Crippen MR) is 105 cm³/mol. The number of carbonyl (C=O) groups is 3. The first-order chi connectivity index (χ1) is 13.5. The minimum Gasteiger partial charge on any atom is -0.443 e. The number of nitrogens with two attached hydrogens (primary N) is 1. The number of rotatable bonds is 5. The van der Waals surface area contributed by atoms with Gasteiger partial charge in [0.05, 0.1) is 0 Å². The van der Waals surface area contributed by atoms with E-state index in [1.807, 2.05) is 6.07 Å². The van der Waals surface area contributed by atoms with Crippen LogP contribution in [0.3, 0.4) is 0 Å². The summed E-state index contributed by atoms with van der Waals surface area (Å²) in [5.74, 6) is -1.07. The van der Waals surface area contributed by atoms with Crippen LogP contribution in [-0.4, -0.2) is 51.4 Å². The summed E-state index contributed by atoms with van der Waals surface area (Å²) in [5, 5.41) is 9.66. The van der Waals surface area contributed by atoms with Crippen LogP contribution < -0.4 is 5.73 Å². The normalized spacial score (nSPS) is 28.4. The largest absolute Gasteiger partial charge is 0.443 e. The van der Waals surface area contributed by atoms with Gasteiger partial charge in [-0.3, -0.25) is 14.5 Å². The van der Waals surface area contributed by atoms with E-state index in [9.17, 15) is 19.6 Å². The van der Waals surface area contributed by atoms with Crippen molar-refractivity contribution in [2.24, 2.45) is 17.6 Å². The third-order valence-corrected chi connectivity index (χ3v) is 6.13. The molecule has 2 saturated carbocycles. The summed E-state index contributed by atoms with van der Waals surface area (Å²) < 4.78 is 5.51. The molecule has 0 radical (unpaired) electrons. The number of piperidine rings is 1. The van der Waals surface area contributed by atoms with Crippen LogP contribution in [0.25, 0.3) is 0 Å². The van der Waals surface area contributed by atoms with Gasteiger partial charge in [-0.2, -0.15) is 5.26 Å². The van der Waals surface area contributed by atoms with Crippen molar-refractivity contribution >= 4 is 17.9 Å². The summed E-state index contributed by atoms with van der Waals surface area (Å²) in [6, 6.07) is 1.80. The third kappa shape index (κ3) is 3.96. The van der Waals surface area contributed by atoms with Crippen molar-refractivity contribution in [3.63, 3.8) is 0 Å². The van der Waals surface area contributed by atoms with Gasteiger partial charge in [-0.15, -0.1) is 0 Å². The maximum Gasteiger partial charge on any atom is 0.415 e. The molecule has 3 rings (SSSR count). The number of hydrogen-bond donors (Lipinski definition) is 1. The molecule has 8 heteroatoms. The van der Waals surface area contributed by atoms with Crippen molar-refractivity contribution in [3.8, 4) is 6.07 Å². The van der Waals surface area contributed by atoms with Gasteiger partial charge in [0.2, 0.25) is 11.4 Å². The first-order valence-electron chi connectivity index (χ1n) is 10.2. The number of hydrogen-bond acceptors (Lipinski definition) is 5. The zero-order valence-corrected chi connectivity index (χ0v) is 17.4. The van der Waals surface area contributed by atoms with E-state index in [4.69, 9.17) is 10.5 Å². The molecule has 29 heavy (non-hydrogen) atoms.